The Labute approximate surface area is 149 Å². The van der Waals surface area contributed by atoms with Crippen molar-refractivity contribution in [2.24, 2.45) is 0 Å². The summed E-state index contributed by atoms with van der Waals surface area (Å²) in [6.45, 7) is 1.86. The summed E-state index contributed by atoms with van der Waals surface area (Å²) in [5.41, 5.74) is 2.21. The van der Waals surface area contributed by atoms with Gasteiger partial charge in [-0.05, 0) is 31.5 Å². The van der Waals surface area contributed by atoms with Gasteiger partial charge in [0.2, 0.25) is 5.95 Å². The first-order valence-corrected chi connectivity index (χ1v) is 8.71. The number of benzene rings is 1. The summed E-state index contributed by atoms with van der Waals surface area (Å²) in [7, 11) is 5.21. The molecule has 0 radical (unpaired) electrons. The number of piperidine rings is 1. The van der Waals surface area contributed by atoms with Crippen molar-refractivity contribution < 1.29 is 9.47 Å². The highest BCUT2D eigenvalue weighted by Gasteiger charge is 2.26. The zero-order valence-corrected chi connectivity index (χ0v) is 15.2. The molecule has 1 aliphatic rings. The third-order valence-electron chi connectivity index (χ3n) is 4.71. The first-order valence-electron chi connectivity index (χ1n) is 8.71. The highest BCUT2D eigenvalue weighted by molar-refractivity contribution is 5.46. The van der Waals surface area contributed by atoms with Crippen LogP contribution in [0.3, 0.4) is 0 Å². The molecule has 25 heavy (non-hydrogen) atoms. The van der Waals surface area contributed by atoms with Gasteiger partial charge in [-0.25, -0.2) is 9.97 Å². The lowest BCUT2D eigenvalue weighted by Crippen LogP contribution is -2.33. The molecule has 2 aromatic rings. The van der Waals surface area contributed by atoms with Crippen LogP contribution < -0.4 is 14.8 Å². The molecule has 6 heteroatoms. The van der Waals surface area contributed by atoms with Crippen LogP contribution in [-0.4, -0.2) is 42.7 Å². The average molecular weight is 342 g/mol. The number of methoxy groups -OCH3 is 2. The van der Waals surface area contributed by atoms with E-state index >= 15 is 0 Å². The molecule has 0 amide bonds. The van der Waals surface area contributed by atoms with Gasteiger partial charge in [0.1, 0.15) is 0 Å². The number of nitrogens with one attached hydrogen (secondary N) is 1. The molecule has 1 fully saturated rings. The van der Waals surface area contributed by atoms with Crippen molar-refractivity contribution in [3.05, 3.63) is 41.7 Å². The molecule has 1 aromatic heterocycles. The number of anilines is 1. The van der Waals surface area contributed by atoms with Gasteiger partial charge in [0.15, 0.2) is 11.5 Å². The molecule has 134 valence electrons. The molecule has 3 rings (SSSR count). The molecule has 0 saturated carbocycles. The van der Waals surface area contributed by atoms with Crippen molar-refractivity contribution >= 4 is 5.95 Å². The summed E-state index contributed by atoms with van der Waals surface area (Å²) in [4.78, 5) is 11.4. The van der Waals surface area contributed by atoms with Crippen LogP contribution in [0.5, 0.6) is 11.5 Å². The number of hydrogen-bond donors (Lipinski definition) is 1. The molecular formula is C19H26N4O2. The van der Waals surface area contributed by atoms with Gasteiger partial charge in [-0.3, -0.25) is 4.90 Å². The lowest BCUT2D eigenvalue weighted by atomic mass is 9.98. The van der Waals surface area contributed by atoms with E-state index in [0.29, 0.717) is 12.0 Å². The Bertz CT molecular complexity index is 708. The van der Waals surface area contributed by atoms with Crippen LogP contribution in [-0.2, 0) is 6.54 Å². The number of likely N-dealkylation sites (tertiary alicyclic amines) is 1. The van der Waals surface area contributed by atoms with Crippen molar-refractivity contribution in [1.82, 2.24) is 14.9 Å². The lowest BCUT2D eigenvalue weighted by molar-refractivity contribution is 0.135. The van der Waals surface area contributed by atoms with Crippen LogP contribution in [0.1, 0.15) is 36.6 Å². The number of ether oxygens (including phenoxy) is 2. The van der Waals surface area contributed by atoms with E-state index in [-0.39, 0.29) is 0 Å². The maximum absolute atomic E-state index is 5.60. The van der Waals surface area contributed by atoms with Gasteiger partial charge in [-0.2, -0.15) is 0 Å². The topological polar surface area (TPSA) is 59.5 Å². The van der Waals surface area contributed by atoms with E-state index in [4.69, 9.17) is 9.47 Å². The van der Waals surface area contributed by atoms with Gasteiger partial charge in [-0.15, -0.1) is 0 Å². The zero-order valence-electron chi connectivity index (χ0n) is 15.2. The molecule has 1 aliphatic heterocycles. The maximum Gasteiger partial charge on any atom is 0.222 e. The van der Waals surface area contributed by atoms with Crippen molar-refractivity contribution in [2.45, 2.75) is 31.8 Å². The highest BCUT2D eigenvalue weighted by Crippen LogP contribution is 2.36. The van der Waals surface area contributed by atoms with Gasteiger partial charge >= 0.3 is 0 Å². The molecule has 1 atom stereocenters. The fraction of sp³-hybridized carbons (Fsp3) is 0.474. The standard InChI is InChI=1S/C19H26N4O2/c1-20-19-21-11-10-15(22-19)16-8-4-5-12-23(16)13-14-7-6-9-17(24-2)18(14)25-3/h6-7,9-11,16H,4-5,8,12-13H2,1-3H3,(H,20,21,22)/t16-/m0/s1. The Morgan fingerprint density at radius 1 is 1.20 bits per heavy atom. The number of rotatable bonds is 6. The fourth-order valence-electron chi connectivity index (χ4n) is 3.49. The molecule has 1 N–H and O–H groups in total. The van der Waals surface area contributed by atoms with Gasteiger partial charge in [-0.1, -0.05) is 18.6 Å². The predicted octanol–water partition coefficient (Wildman–Crippen LogP) is 3.26. The zero-order chi connectivity index (χ0) is 17.6. The fourth-order valence-corrected chi connectivity index (χ4v) is 3.49. The predicted molar refractivity (Wildman–Crippen MR) is 98.1 cm³/mol. The smallest absolute Gasteiger partial charge is 0.222 e. The Hall–Kier alpha value is -2.34. The van der Waals surface area contributed by atoms with Crippen LogP contribution >= 0.6 is 0 Å². The van der Waals surface area contributed by atoms with E-state index in [0.717, 1.165) is 42.3 Å². The number of aromatic nitrogens is 2. The first kappa shape index (κ1) is 17.5. The number of para-hydroxylation sites is 1. The summed E-state index contributed by atoms with van der Waals surface area (Å²) in [6, 6.07) is 8.36. The van der Waals surface area contributed by atoms with Crippen molar-refractivity contribution in [3.63, 3.8) is 0 Å². The molecular weight excluding hydrogens is 316 g/mol. The largest absolute Gasteiger partial charge is 0.493 e. The Morgan fingerprint density at radius 2 is 2.08 bits per heavy atom. The van der Waals surface area contributed by atoms with Gasteiger partial charge < -0.3 is 14.8 Å². The Kier molecular flexibility index (Phi) is 5.71. The summed E-state index contributed by atoms with van der Waals surface area (Å²) >= 11 is 0. The van der Waals surface area contributed by atoms with E-state index in [9.17, 15) is 0 Å². The average Bonchev–Trinajstić information content (AvgIpc) is 2.68. The van der Waals surface area contributed by atoms with Crippen molar-refractivity contribution in [1.29, 1.82) is 0 Å². The van der Waals surface area contributed by atoms with E-state index in [1.54, 1.807) is 14.2 Å². The van der Waals surface area contributed by atoms with Crippen molar-refractivity contribution in [3.8, 4) is 11.5 Å². The molecule has 1 saturated heterocycles. The van der Waals surface area contributed by atoms with E-state index < -0.39 is 0 Å². The van der Waals surface area contributed by atoms with Gasteiger partial charge in [0.05, 0.1) is 26.0 Å². The van der Waals surface area contributed by atoms with Crippen LogP contribution in [0.25, 0.3) is 0 Å². The third kappa shape index (κ3) is 3.85. The van der Waals surface area contributed by atoms with Gasteiger partial charge in [0.25, 0.3) is 0 Å². The van der Waals surface area contributed by atoms with Crippen LogP contribution in [0.4, 0.5) is 5.95 Å². The quantitative estimate of drug-likeness (QED) is 0.869. The minimum Gasteiger partial charge on any atom is -0.493 e. The SMILES string of the molecule is CNc1nccc([C@@H]2CCCCN2Cc2cccc(OC)c2OC)n1. The third-order valence-corrected chi connectivity index (χ3v) is 4.71. The summed E-state index contributed by atoms with van der Waals surface area (Å²) in [6.07, 6.45) is 5.35. The van der Waals surface area contributed by atoms with Crippen LogP contribution in [0, 0.1) is 0 Å². The maximum atomic E-state index is 5.60. The second kappa shape index (κ2) is 8.16. The summed E-state index contributed by atoms with van der Waals surface area (Å²) < 4.78 is 11.0. The first-order chi connectivity index (χ1) is 12.3. The highest BCUT2D eigenvalue weighted by atomic mass is 16.5. The molecule has 0 aliphatic carbocycles. The lowest BCUT2D eigenvalue weighted by Gasteiger charge is -2.35. The molecule has 0 bridgehead atoms. The second-order valence-corrected chi connectivity index (χ2v) is 6.19. The Balaban J connectivity index is 1.87. The minimum atomic E-state index is 0.291. The van der Waals surface area contributed by atoms with Gasteiger partial charge in [0, 0.05) is 25.4 Å². The molecule has 6 nitrogen and oxygen atoms in total. The van der Waals surface area contributed by atoms with Crippen LogP contribution in [0.2, 0.25) is 0 Å². The molecule has 1 aromatic carbocycles. The summed E-state index contributed by atoms with van der Waals surface area (Å²) in [5.74, 6) is 2.25. The Morgan fingerprint density at radius 3 is 2.84 bits per heavy atom. The second-order valence-electron chi connectivity index (χ2n) is 6.19. The normalized spacial score (nSPS) is 18.0. The number of nitrogens with zero attached hydrogens (tertiary/aromatic N) is 3. The summed E-state index contributed by atoms with van der Waals surface area (Å²) in [5, 5.41) is 3.03. The van der Waals surface area contributed by atoms with E-state index in [1.807, 2.05) is 31.4 Å². The molecule has 0 unspecified atom stereocenters. The van der Waals surface area contributed by atoms with Crippen LogP contribution in [0.15, 0.2) is 30.5 Å². The number of hydrogen-bond acceptors (Lipinski definition) is 6. The molecule has 2 heterocycles. The van der Waals surface area contributed by atoms with E-state index in [1.165, 1.54) is 12.8 Å². The van der Waals surface area contributed by atoms with Crippen molar-refractivity contribution in [2.75, 3.05) is 33.1 Å². The van der Waals surface area contributed by atoms with E-state index in [2.05, 4.69) is 26.3 Å². The minimum absolute atomic E-state index is 0.291. The monoisotopic (exact) mass is 342 g/mol. The molecule has 0 spiro atoms.